The highest BCUT2D eigenvalue weighted by Crippen LogP contribution is 2.35. The number of oxazole rings is 1. The summed E-state index contributed by atoms with van der Waals surface area (Å²) in [6, 6.07) is 13.6. The fourth-order valence-electron chi connectivity index (χ4n) is 3.00. The maximum Gasteiger partial charge on any atom is 0.269 e. The van der Waals surface area contributed by atoms with Gasteiger partial charge in [-0.15, -0.1) is 0 Å². The zero-order valence-corrected chi connectivity index (χ0v) is 16.0. The molecule has 150 valence electrons. The Morgan fingerprint density at radius 3 is 2.28 bits per heavy atom. The molecule has 0 spiro atoms. The van der Waals surface area contributed by atoms with Crippen molar-refractivity contribution in [2.45, 2.75) is 9.92 Å². The van der Waals surface area contributed by atoms with E-state index in [9.17, 15) is 18.5 Å². The number of benzene rings is 2. The lowest BCUT2D eigenvalue weighted by Gasteiger charge is -2.26. The molecule has 1 fully saturated rings. The van der Waals surface area contributed by atoms with Gasteiger partial charge in [0, 0.05) is 30.8 Å². The van der Waals surface area contributed by atoms with Gasteiger partial charge < -0.3 is 14.1 Å². The van der Waals surface area contributed by atoms with Crippen LogP contribution in [0.5, 0.6) is 0 Å². The van der Waals surface area contributed by atoms with Crippen LogP contribution in [0.4, 0.5) is 11.6 Å². The molecule has 1 saturated heterocycles. The Bertz CT molecular complexity index is 1120. The van der Waals surface area contributed by atoms with Gasteiger partial charge in [-0.2, -0.15) is 4.98 Å². The number of non-ortho nitro benzene ring substituents is 1. The number of morpholine rings is 1. The van der Waals surface area contributed by atoms with Crippen molar-refractivity contribution in [2.75, 3.05) is 31.2 Å². The van der Waals surface area contributed by atoms with Crippen LogP contribution in [0.15, 0.2) is 68.9 Å². The van der Waals surface area contributed by atoms with Crippen molar-refractivity contribution in [2.24, 2.45) is 0 Å². The summed E-state index contributed by atoms with van der Waals surface area (Å²) in [6.45, 7) is 1.81. The molecule has 4 rings (SSSR count). The number of anilines is 1. The van der Waals surface area contributed by atoms with E-state index in [2.05, 4.69) is 4.98 Å². The molecule has 0 radical (unpaired) electrons. The molecule has 0 atom stereocenters. The molecule has 0 unspecified atom stereocenters. The van der Waals surface area contributed by atoms with Gasteiger partial charge in [0.2, 0.25) is 26.6 Å². The molecule has 1 aliphatic rings. The number of rotatable bonds is 5. The number of hydrogen-bond donors (Lipinski definition) is 0. The number of hydrogen-bond acceptors (Lipinski definition) is 8. The topological polar surface area (TPSA) is 116 Å². The lowest BCUT2D eigenvalue weighted by molar-refractivity contribution is -0.384. The number of nitro benzene ring substituents is 1. The van der Waals surface area contributed by atoms with Crippen molar-refractivity contribution in [3.63, 3.8) is 0 Å². The second kappa shape index (κ2) is 7.64. The third kappa shape index (κ3) is 3.71. The first-order chi connectivity index (χ1) is 14.0. The average Bonchev–Trinajstić information content (AvgIpc) is 3.21. The fraction of sp³-hybridized carbons (Fsp3) is 0.211. The molecular weight excluding hydrogens is 398 g/mol. The van der Waals surface area contributed by atoms with Gasteiger partial charge in [0.05, 0.1) is 23.0 Å². The van der Waals surface area contributed by atoms with E-state index in [1.54, 1.807) is 23.1 Å². The van der Waals surface area contributed by atoms with E-state index in [4.69, 9.17) is 9.15 Å². The Morgan fingerprint density at radius 2 is 1.66 bits per heavy atom. The minimum atomic E-state index is -3.92. The van der Waals surface area contributed by atoms with Gasteiger partial charge in [0.15, 0.2) is 0 Å². The number of sulfone groups is 1. The lowest BCUT2D eigenvalue weighted by atomic mass is 10.2. The second-order valence-corrected chi connectivity index (χ2v) is 8.21. The van der Waals surface area contributed by atoms with Crippen LogP contribution in [0.2, 0.25) is 0 Å². The monoisotopic (exact) mass is 415 g/mol. The van der Waals surface area contributed by atoms with E-state index in [1.807, 2.05) is 0 Å². The highest BCUT2D eigenvalue weighted by Gasteiger charge is 2.32. The molecule has 1 aromatic heterocycles. The van der Waals surface area contributed by atoms with Crippen LogP contribution in [0.1, 0.15) is 0 Å². The Morgan fingerprint density at radius 1 is 1.00 bits per heavy atom. The molecule has 3 aromatic rings. The van der Waals surface area contributed by atoms with Gasteiger partial charge in [-0.05, 0) is 24.3 Å². The second-order valence-electron chi connectivity index (χ2n) is 6.35. The minimum Gasteiger partial charge on any atom is -0.419 e. The van der Waals surface area contributed by atoms with Crippen molar-refractivity contribution in [3.05, 3.63) is 64.7 Å². The molecule has 0 amide bonds. The maximum atomic E-state index is 13.2. The van der Waals surface area contributed by atoms with Crippen LogP contribution < -0.4 is 4.90 Å². The Hall–Kier alpha value is -3.24. The Kier molecular flexibility index (Phi) is 5.03. The van der Waals surface area contributed by atoms with Crippen LogP contribution in [-0.2, 0) is 14.6 Å². The van der Waals surface area contributed by atoms with Crippen molar-refractivity contribution in [3.8, 4) is 11.5 Å². The predicted molar refractivity (Wildman–Crippen MR) is 104 cm³/mol. The van der Waals surface area contributed by atoms with Crippen LogP contribution in [-0.4, -0.2) is 44.6 Å². The van der Waals surface area contributed by atoms with Gasteiger partial charge in [-0.25, -0.2) is 8.42 Å². The molecule has 1 aliphatic heterocycles. The molecular formula is C19H17N3O6S. The molecule has 2 heterocycles. The van der Waals surface area contributed by atoms with Crippen molar-refractivity contribution < 1.29 is 22.5 Å². The SMILES string of the molecule is O=[N+]([O-])c1ccc(-c2nc(S(=O)(=O)c3ccccc3)c(N3CCOCC3)o2)cc1. The molecule has 29 heavy (non-hydrogen) atoms. The number of nitro groups is 1. The third-order valence-electron chi connectivity index (χ3n) is 4.51. The third-order valence-corrected chi connectivity index (χ3v) is 6.18. The van der Waals surface area contributed by atoms with Gasteiger partial charge in [0.25, 0.3) is 5.69 Å². The molecule has 0 N–H and O–H groups in total. The zero-order chi connectivity index (χ0) is 20.4. The van der Waals surface area contributed by atoms with E-state index in [0.29, 0.717) is 31.9 Å². The molecule has 10 heteroatoms. The summed E-state index contributed by atoms with van der Waals surface area (Å²) in [4.78, 5) is 16.5. The van der Waals surface area contributed by atoms with Gasteiger partial charge in [-0.3, -0.25) is 10.1 Å². The van der Waals surface area contributed by atoms with E-state index in [1.165, 1.54) is 36.4 Å². The molecule has 0 bridgehead atoms. The summed E-state index contributed by atoms with van der Waals surface area (Å²) in [6.07, 6.45) is 0. The van der Waals surface area contributed by atoms with Gasteiger partial charge >= 0.3 is 0 Å². The van der Waals surface area contributed by atoms with Crippen LogP contribution in [0, 0.1) is 10.1 Å². The number of ether oxygens (including phenoxy) is 1. The van der Waals surface area contributed by atoms with E-state index in [-0.39, 0.29) is 27.4 Å². The lowest BCUT2D eigenvalue weighted by Crippen LogP contribution is -2.36. The Balaban J connectivity index is 1.82. The van der Waals surface area contributed by atoms with Crippen LogP contribution in [0.25, 0.3) is 11.5 Å². The maximum absolute atomic E-state index is 13.2. The minimum absolute atomic E-state index is 0.0779. The van der Waals surface area contributed by atoms with E-state index >= 15 is 0 Å². The first kappa shape index (κ1) is 19.1. The normalized spacial score (nSPS) is 14.7. The Labute approximate surface area is 166 Å². The molecule has 0 saturated carbocycles. The molecule has 9 nitrogen and oxygen atoms in total. The zero-order valence-electron chi connectivity index (χ0n) is 15.2. The largest absolute Gasteiger partial charge is 0.419 e. The summed E-state index contributed by atoms with van der Waals surface area (Å²) in [5, 5.41) is 10.7. The van der Waals surface area contributed by atoms with Crippen LogP contribution >= 0.6 is 0 Å². The summed E-state index contributed by atoms with van der Waals surface area (Å²) >= 11 is 0. The highest BCUT2D eigenvalue weighted by molar-refractivity contribution is 7.91. The standard InChI is InChI=1S/C19H17N3O6S/c23-22(24)15-8-6-14(7-9-15)17-20-18(19(28-17)21-10-12-27-13-11-21)29(25,26)16-4-2-1-3-5-16/h1-9H,10-13H2. The quantitative estimate of drug-likeness (QED) is 0.461. The first-order valence-corrected chi connectivity index (χ1v) is 10.3. The van der Waals surface area contributed by atoms with Crippen molar-refractivity contribution in [1.82, 2.24) is 4.98 Å². The summed E-state index contributed by atoms with van der Waals surface area (Å²) in [5.41, 5.74) is 0.366. The number of aromatic nitrogens is 1. The van der Waals surface area contributed by atoms with E-state index in [0.717, 1.165) is 0 Å². The predicted octanol–water partition coefficient (Wildman–Crippen LogP) is 2.92. The smallest absolute Gasteiger partial charge is 0.269 e. The summed E-state index contributed by atoms with van der Waals surface area (Å²) < 4.78 is 37.6. The molecule has 2 aromatic carbocycles. The number of nitrogens with zero attached hydrogens (tertiary/aromatic N) is 3. The van der Waals surface area contributed by atoms with Crippen molar-refractivity contribution >= 4 is 21.4 Å². The highest BCUT2D eigenvalue weighted by atomic mass is 32.2. The van der Waals surface area contributed by atoms with Gasteiger partial charge in [0.1, 0.15) is 0 Å². The average molecular weight is 415 g/mol. The summed E-state index contributed by atoms with van der Waals surface area (Å²) in [5.74, 6) is 0.224. The van der Waals surface area contributed by atoms with Crippen molar-refractivity contribution in [1.29, 1.82) is 0 Å². The van der Waals surface area contributed by atoms with Gasteiger partial charge in [-0.1, -0.05) is 18.2 Å². The van der Waals surface area contributed by atoms with Crippen LogP contribution in [0.3, 0.4) is 0 Å². The molecule has 0 aliphatic carbocycles. The van der Waals surface area contributed by atoms with E-state index < -0.39 is 14.8 Å². The first-order valence-electron chi connectivity index (χ1n) is 8.85. The summed E-state index contributed by atoms with van der Waals surface area (Å²) in [7, 11) is -3.92. The fourth-order valence-corrected chi connectivity index (χ4v) is 4.34.